The molecule has 1 aromatic carbocycles. The molecule has 0 radical (unpaired) electrons. The second-order valence-electron chi connectivity index (χ2n) is 5.13. The fourth-order valence-corrected chi connectivity index (χ4v) is 2.19. The van der Waals surface area contributed by atoms with E-state index >= 15 is 0 Å². The number of nitrogens with two attached hydrogens (primary N) is 1. The van der Waals surface area contributed by atoms with Crippen LogP contribution in [0.2, 0.25) is 0 Å². The summed E-state index contributed by atoms with van der Waals surface area (Å²) in [5.74, 6) is 0.149. The number of rotatable bonds is 4. The van der Waals surface area contributed by atoms with Gasteiger partial charge in [0, 0.05) is 25.6 Å². The molecule has 0 aromatic heterocycles. The predicted molar refractivity (Wildman–Crippen MR) is 68.3 cm³/mol. The number of carbonyl (C=O) groups is 1. The third-order valence-electron chi connectivity index (χ3n) is 3.54. The second-order valence-corrected chi connectivity index (χ2v) is 5.13. The van der Waals surface area contributed by atoms with Crippen molar-refractivity contribution in [1.29, 1.82) is 0 Å². The van der Waals surface area contributed by atoms with Crippen LogP contribution in [0.15, 0.2) is 30.3 Å². The molecule has 3 heteroatoms. The van der Waals surface area contributed by atoms with Crippen LogP contribution in [0.5, 0.6) is 0 Å². The van der Waals surface area contributed by atoms with Crippen molar-refractivity contribution in [3.63, 3.8) is 0 Å². The number of nitrogens with zero attached hydrogens (tertiary/aromatic N) is 1. The lowest BCUT2D eigenvalue weighted by Gasteiger charge is -2.38. The summed E-state index contributed by atoms with van der Waals surface area (Å²) in [4.78, 5) is 13.8. The third-order valence-corrected chi connectivity index (χ3v) is 3.54. The molecule has 92 valence electrons. The van der Waals surface area contributed by atoms with Crippen molar-refractivity contribution in [1.82, 2.24) is 4.90 Å². The third kappa shape index (κ3) is 3.07. The second kappa shape index (κ2) is 4.88. The summed E-state index contributed by atoms with van der Waals surface area (Å²) >= 11 is 0. The van der Waals surface area contributed by atoms with Gasteiger partial charge in [-0.25, -0.2) is 0 Å². The van der Waals surface area contributed by atoms with E-state index in [1.54, 1.807) is 4.90 Å². The molecule has 0 unspecified atom stereocenters. The highest BCUT2D eigenvalue weighted by atomic mass is 16.2. The summed E-state index contributed by atoms with van der Waals surface area (Å²) < 4.78 is 0. The zero-order valence-corrected chi connectivity index (χ0v) is 10.4. The van der Waals surface area contributed by atoms with E-state index in [2.05, 4.69) is 0 Å². The van der Waals surface area contributed by atoms with Gasteiger partial charge < -0.3 is 10.6 Å². The van der Waals surface area contributed by atoms with Gasteiger partial charge in [-0.05, 0) is 24.8 Å². The zero-order valence-electron chi connectivity index (χ0n) is 10.4. The van der Waals surface area contributed by atoms with E-state index in [1.165, 1.54) is 0 Å². The van der Waals surface area contributed by atoms with Gasteiger partial charge in [0.25, 0.3) is 0 Å². The first-order chi connectivity index (χ1) is 8.09. The van der Waals surface area contributed by atoms with E-state index in [0.29, 0.717) is 13.0 Å². The predicted octanol–water partition coefficient (Wildman–Crippen LogP) is 1.92. The minimum Gasteiger partial charge on any atom is -0.341 e. The van der Waals surface area contributed by atoms with Crippen molar-refractivity contribution < 1.29 is 4.79 Å². The zero-order chi connectivity index (χ0) is 12.3. The lowest BCUT2D eigenvalue weighted by atomic mass is 9.75. The SMILES string of the molecule is CN(Cc1ccccc1)C(=O)CC1(N)CCC1. The molecule has 0 aliphatic heterocycles. The summed E-state index contributed by atoms with van der Waals surface area (Å²) in [7, 11) is 1.84. The molecule has 1 amide bonds. The maximum absolute atomic E-state index is 12.0. The fraction of sp³-hybridized carbons (Fsp3) is 0.500. The van der Waals surface area contributed by atoms with Gasteiger partial charge in [-0.15, -0.1) is 0 Å². The average Bonchev–Trinajstić information content (AvgIpc) is 2.28. The van der Waals surface area contributed by atoms with Gasteiger partial charge in [-0.1, -0.05) is 30.3 Å². The molecule has 0 bridgehead atoms. The van der Waals surface area contributed by atoms with E-state index in [-0.39, 0.29) is 11.4 Å². The highest BCUT2D eigenvalue weighted by Crippen LogP contribution is 2.32. The first-order valence-corrected chi connectivity index (χ1v) is 6.16. The van der Waals surface area contributed by atoms with Crippen molar-refractivity contribution in [2.75, 3.05) is 7.05 Å². The van der Waals surface area contributed by atoms with Gasteiger partial charge in [0.2, 0.25) is 5.91 Å². The molecular formula is C14H20N2O. The summed E-state index contributed by atoms with van der Waals surface area (Å²) in [6, 6.07) is 10.0. The lowest BCUT2D eigenvalue weighted by Crippen LogP contribution is -2.50. The van der Waals surface area contributed by atoms with Crippen molar-refractivity contribution in [2.45, 2.75) is 37.8 Å². The molecule has 1 saturated carbocycles. The maximum Gasteiger partial charge on any atom is 0.224 e. The van der Waals surface area contributed by atoms with Crippen LogP contribution in [-0.2, 0) is 11.3 Å². The largest absolute Gasteiger partial charge is 0.341 e. The Morgan fingerprint density at radius 2 is 2.00 bits per heavy atom. The summed E-state index contributed by atoms with van der Waals surface area (Å²) in [5.41, 5.74) is 7.02. The van der Waals surface area contributed by atoms with Crippen LogP contribution in [0.25, 0.3) is 0 Å². The minimum atomic E-state index is -0.220. The van der Waals surface area contributed by atoms with Crippen molar-refractivity contribution in [3.8, 4) is 0 Å². The van der Waals surface area contributed by atoms with Gasteiger partial charge in [-0.3, -0.25) is 4.79 Å². The molecule has 0 spiro atoms. The van der Waals surface area contributed by atoms with Gasteiger partial charge >= 0.3 is 0 Å². The van der Waals surface area contributed by atoms with E-state index < -0.39 is 0 Å². The van der Waals surface area contributed by atoms with Crippen molar-refractivity contribution in [2.24, 2.45) is 5.73 Å². The first-order valence-electron chi connectivity index (χ1n) is 6.16. The Hall–Kier alpha value is -1.35. The number of hydrogen-bond donors (Lipinski definition) is 1. The van der Waals surface area contributed by atoms with Crippen LogP contribution >= 0.6 is 0 Å². The molecule has 2 rings (SSSR count). The quantitative estimate of drug-likeness (QED) is 0.862. The molecule has 0 heterocycles. The van der Waals surface area contributed by atoms with Crippen molar-refractivity contribution >= 4 is 5.91 Å². The van der Waals surface area contributed by atoms with Crippen molar-refractivity contribution in [3.05, 3.63) is 35.9 Å². The molecule has 3 nitrogen and oxygen atoms in total. The highest BCUT2D eigenvalue weighted by Gasteiger charge is 2.35. The molecule has 1 fully saturated rings. The monoisotopic (exact) mass is 232 g/mol. The Morgan fingerprint density at radius 3 is 2.53 bits per heavy atom. The van der Waals surface area contributed by atoms with Gasteiger partial charge in [0.05, 0.1) is 0 Å². The molecule has 17 heavy (non-hydrogen) atoms. The number of amides is 1. The van der Waals surface area contributed by atoms with Crippen LogP contribution in [0, 0.1) is 0 Å². The van der Waals surface area contributed by atoms with Gasteiger partial charge in [0.1, 0.15) is 0 Å². The normalized spacial score (nSPS) is 17.3. The van der Waals surface area contributed by atoms with Crippen LogP contribution in [0.3, 0.4) is 0 Å². The van der Waals surface area contributed by atoms with Crippen LogP contribution < -0.4 is 5.73 Å². The molecule has 2 N–H and O–H groups in total. The van der Waals surface area contributed by atoms with Gasteiger partial charge in [0.15, 0.2) is 0 Å². The maximum atomic E-state index is 12.0. The first kappa shape index (κ1) is 12.1. The molecule has 1 aliphatic rings. The van der Waals surface area contributed by atoms with E-state index in [0.717, 1.165) is 24.8 Å². The summed E-state index contributed by atoms with van der Waals surface area (Å²) in [5, 5.41) is 0. The standard InChI is InChI=1S/C14H20N2O/c1-16(11-12-6-3-2-4-7-12)13(17)10-14(15)8-5-9-14/h2-4,6-7H,5,8-11,15H2,1H3. The Morgan fingerprint density at radius 1 is 1.35 bits per heavy atom. The van der Waals surface area contributed by atoms with Crippen LogP contribution in [0.1, 0.15) is 31.2 Å². The van der Waals surface area contributed by atoms with E-state index in [9.17, 15) is 4.79 Å². The lowest BCUT2D eigenvalue weighted by molar-refractivity contribution is -0.132. The highest BCUT2D eigenvalue weighted by molar-refractivity contribution is 5.77. The Kier molecular flexibility index (Phi) is 3.48. The number of hydrogen-bond acceptors (Lipinski definition) is 2. The summed E-state index contributed by atoms with van der Waals surface area (Å²) in [6.45, 7) is 0.662. The minimum absolute atomic E-state index is 0.149. The molecule has 0 atom stereocenters. The van der Waals surface area contributed by atoms with Gasteiger partial charge in [-0.2, -0.15) is 0 Å². The topological polar surface area (TPSA) is 46.3 Å². The smallest absolute Gasteiger partial charge is 0.224 e. The Labute approximate surface area is 103 Å². The molecule has 1 aromatic rings. The Balaban J connectivity index is 1.87. The van der Waals surface area contributed by atoms with Crippen LogP contribution in [-0.4, -0.2) is 23.4 Å². The molecule has 1 aliphatic carbocycles. The fourth-order valence-electron chi connectivity index (χ4n) is 2.19. The molecular weight excluding hydrogens is 212 g/mol. The Bertz CT molecular complexity index is 384. The van der Waals surface area contributed by atoms with E-state index in [1.807, 2.05) is 37.4 Å². The van der Waals surface area contributed by atoms with E-state index in [4.69, 9.17) is 5.73 Å². The number of carbonyl (C=O) groups excluding carboxylic acids is 1. The summed E-state index contributed by atoms with van der Waals surface area (Å²) in [6.07, 6.45) is 3.61. The van der Waals surface area contributed by atoms with Crippen LogP contribution in [0.4, 0.5) is 0 Å². The average molecular weight is 232 g/mol. The number of benzene rings is 1. The molecule has 0 saturated heterocycles.